The van der Waals surface area contributed by atoms with Gasteiger partial charge in [-0.1, -0.05) is 0 Å². The molecule has 7 heteroatoms. The molecule has 3 amide bonds. The molecule has 7 nitrogen and oxygen atoms in total. The number of urea groups is 1. The van der Waals surface area contributed by atoms with Crippen LogP contribution in [0, 0.1) is 11.3 Å². The van der Waals surface area contributed by atoms with E-state index in [9.17, 15) is 14.4 Å². The van der Waals surface area contributed by atoms with Gasteiger partial charge in [-0.2, -0.15) is 0 Å². The maximum atomic E-state index is 12.4. The van der Waals surface area contributed by atoms with Gasteiger partial charge in [-0.05, 0) is 19.1 Å². The fourth-order valence-electron chi connectivity index (χ4n) is 4.26. The zero-order valence-electron chi connectivity index (χ0n) is 12.1. The van der Waals surface area contributed by atoms with Crippen molar-refractivity contribution in [2.75, 3.05) is 0 Å². The highest BCUT2D eigenvalue weighted by Crippen LogP contribution is 2.62. The molecule has 1 aromatic carbocycles. The van der Waals surface area contributed by atoms with E-state index in [-0.39, 0.29) is 11.8 Å². The zero-order valence-corrected chi connectivity index (χ0v) is 12.1. The maximum Gasteiger partial charge on any atom is 0.321 e. The smallest absolute Gasteiger partial charge is 0.321 e. The van der Waals surface area contributed by atoms with Gasteiger partial charge in [-0.3, -0.25) is 14.9 Å². The fourth-order valence-corrected chi connectivity index (χ4v) is 4.26. The maximum absolute atomic E-state index is 12.4. The second kappa shape index (κ2) is 3.73. The summed E-state index contributed by atoms with van der Waals surface area (Å²) in [6, 6.07) is 4.27. The van der Waals surface area contributed by atoms with Gasteiger partial charge in [-0.25, -0.2) is 4.79 Å². The largest absolute Gasteiger partial charge is 0.464 e. The number of furan rings is 1. The first-order chi connectivity index (χ1) is 11.0. The number of hydrogen-bond acceptors (Lipinski definition) is 5. The molecule has 1 aromatic heterocycles. The lowest BCUT2D eigenvalue weighted by molar-refractivity contribution is -0.165. The molecule has 5 rings (SSSR count). The number of esters is 1. The summed E-state index contributed by atoms with van der Waals surface area (Å²) in [6.07, 6.45) is 1.56. The topological polar surface area (TPSA) is 97.6 Å². The first-order valence-corrected chi connectivity index (χ1v) is 7.35. The summed E-state index contributed by atoms with van der Waals surface area (Å²) in [6.45, 7) is 1.77. The van der Waals surface area contributed by atoms with Gasteiger partial charge in [0.25, 0.3) is 0 Å². The Balaban J connectivity index is 1.71. The summed E-state index contributed by atoms with van der Waals surface area (Å²) in [5, 5.41) is 5.87. The number of nitrogens with one attached hydrogen (secondary N) is 2. The van der Waals surface area contributed by atoms with Gasteiger partial charge in [0, 0.05) is 22.9 Å². The van der Waals surface area contributed by atoms with Gasteiger partial charge < -0.3 is 14.5 Å². The standard InChI is InChI=1S/C16H12N2O5/c1-16-11-7-4-6-2-3-22-8(6)5-9(7)23-13(19)10(11)12(16)17-15(21)18-14(16)20/h2-5,10-12H,1H3,(H2,17,18,20,21). The van der Waals surface area contributed by atoms with Crippen LogP contribution in [0.25, 0.3) is 11.0 Å². The molecule has 2 aliphatic heterocycles. The Labute approximate surface area is 130 Å². The van der Waals surface area contributed by atoms with Gasteiger partial charge in [0.1, 0.15) is 11.3 Å². The number of imide groups is 1. The van der Waals surface area contributed by atoms with Crippen molar-refractivity contribution in [3.8, 4) is 5.75 Å². The summed E-state index contributed by atoms with van der Waals surface area (Å²) < 4.78 is 10.8. The summed E-state index contributed by atoms with van der Waals surface area (Å²) in [5.41, 5.74) is 0.551. The molecule has 1 aliphatic carbocycles. The lowest BCUT2D eigenvalue weighted by Gasteiger charge is -2.60. The van der Waals surface area contributed by atoms with Crippen molar-refractivity contribution in [3.63, 3.8) is 0 Å². The Morgan fingerprint density at radius 3 is 2.87 bits per heavy atom. The minimum atomic E-state index is -0.871. The van der Waals surface area contributed by atoms with E-state index in [1.54, 1.807) is 19.3 Å². The molecule has 0 spiro atoms. The molecular formula is C16H12N2O5. The van der Waals surface area contributed by atoms with Crippen LogP contribution in [0.2, 0.25) is 0 Å². The third kappa shape index (κ3) is 1.33. The van der Waals surface area contributed by atoms with Gasteiger partial charge in [0.2, 0.25) is 5.91 Å². The lowest BCUT2D eigenvalue weighted by atomic mass is 9.47. The Kier molecular flexibility index (Phi) is 2.06. The van der Waals surface area contributed by atoms with Crippen molar-refractivity contribution in [2.24, 2.45) is 11.3 Å². The van der Waals surface area contributed by atoms with E-state index in [1.165, 1.54) is 0 Å². The minimum Gasteiger partial charge on any atom is -0.464 e. The second-order valence-corrected chi connectivity index (χ2v) is 6.46. The lowest BCUT2D eigenvalue weighted by Crippen LogP contribution is -2.77. The van der Waals surface area contributed by atoms with Crippen molar-refractivity contribution in [3.05, 3.63) is 30.0 Å². The number of carbonyl (C=O) groups excluding carboxylic acids is 3. The first-order valence-electron chi connectivity index (χ1n) is 7.35. The molecule has 0 bridgehead atoms. The third-order valence-corrected chi connectivity index (χ3v) is 5.42. The molecule has 23 heavy (non-hydrogen) atoms. The van der Waals surface area contributed by atoms with Crippen LogP contribution in [0.1, 0.15) is 18.4 Å². The average molecular weight is 312 g/mol. The van der Waals surface area contributed by atoms with Crippen molar-refractivity contribution in [2.45, 2.75) is 18.9 Å². The number of fused-ring (bicyclic) bond motifs is 7. The number of benzene rings is 1. The number of carbonyl (C=O) groups is 3. The molecule has 2 aromatic rings. The van der Waals surface area contributed by atoms with Crippen molar-refractivity contribution in [1.29, 1.82) is 0 Å². The van der Waals surface area contributed by atoms with E-state index in [1.807, 2.05) is 12.1 Å². The van der Waals surface area contributed by atoms with Crippen molar-refractivity contribution in [1.82, 2.24) is 10.6 Å². The van der Waals surface area contributed by atoms with Crippen LogP contribution in [-0.4, -0.2) is 23.9 Å². The van der Waals surface area contributed by atoms with Gasteiger partial charge in [-0.15, -0.1) is 0 Å². The quantitative estimate of drug-likeness (QED) is 0.564. The number of rotatable bonds is 0. The Morgan fingerprint density at radius 2 is 2.04 bits per heavy atom. The van der Waals surface area contributed by atoms with Crippen molar-refractivity contribution < 1.29 is 23.5 Å². The summed E-state index contributed by atoms with van der Waals surface area (Å²) >= 11 is 0. The van der Waals surface area contributed by atoms with Crippen LogP contribution in [0.5, 0.6) is 5.75 Å². The van der Waals surface area contributed by atoms with E-state index in [0.717, 1.165) is 10.9 Å². The number of hydrogen-bond donors (Lipinski definition) is 2. The molecule has 2 N–H and O–H groups in total. The molecule has 0 radical (unpaired) electrons. The fraction of sp³-hybridized carbons (Fsp3) is 0.312. The molecule has 4 atom stereocenters. The van der Waals surface area contributed by atoms with E-state index in [4.69, 9.17) is 9.15 Å². The predicted molar refractivity (Wildman–Crippen MR) is 76.6 cm³/mol. The molecule has 3 aliphatic rings. The second-order valence-electron chi connectivity index (χ2n) is 6.46. The third-order valence-electron chi connectivity index (χ3n) is 5.42. The molecule has 4 unspecified atom stereocenters. The summed E-state index contributed by atoms with van der Waals surface area (Å²) in [5.74, 6) is -1.25. The Hall–Kier alpha value is -2.83. The van der Waals surface area contributed by atoms with Crippen molar-refractivity contribution >= 4 is 28.9 Å². The monoisotopic (exact) mass is 312 g/mol. The highest BCUT2D eigenvalue weighted by molar-refractivity contribution is 6.05. The normalized spacial score (nSPS) is 34.5. The van der Waals surface area contributed by atoms with Crippen LogP contribution in [0.15, 0.2) is 28.9 Å². The molecule has 1 saturated carbocycles. The highest BCUT2D eigenvalue weighted by atomic mass is 16.5. The average Bonchev–Trinajstić information content (AvgIpc) is 2.94. The number of ether oxygens (including phenoxy) is 1. The molecular weight excluding hydrogens is 300 g/mol. The van der Waals surface area contributed by atoms with Crippen LogP contribution in [0.3, 0.4) is 0 Å². The summed E-state index contributed by atoms with van der Waals surface area (Å²) in [4.78, 5) is 36.4. The predicted octanol–water partition coefficient (Wildman–Crippen LogP) is 1.28. The van der Waals surface area contributed by atoms with Gasteiger partial charge >= 0.3 is 12.0 Å². The SMILES string of the molecule is CC12C(=O)NC(=O)NC1C1C(=O)Oc3cc4occc4cc3C12. The summed E-state index contributed by atoms with van der Waals surface area (Å²) in [7, 11) is 0. The number of amides is 3. The van der Waals surface area contributed by atoms with Crippen LogP contribution >= 0.6 is 0 Å². The van der Waals surface area contributed by atoms with E-state index in [0.29, 0.717) is 11.3 Å². The molecule has 1 saturated heterocycles. The molecule has 116 valence electrons. The van der Waals surface area contributed by atoms with Gasteiger partial charge in [0.05, 0.1) is 23.6 Å². The zero-order chi connectivity index (χ0) is 15.9. The molecule has 3 heterocycles. The highest BCUT2D eigenvalue weighted by Gasteiger charge is 2.70. The van der Waals surface area contributed by atoms with Gasteiger partial charge in [0.15, 0.2) is 0 Å². The van der Waals surface area contributed by atoms with E-state index in [2.05, 4.69) is 10.6 Å². The van der Waals surface area contributed by atoms with Crippen LogP contribution in [-0.2, 0) is 9.59 Å². The van der Waals surface area contributed by atoms with Crippen LogP contribution in [0.4, 0.5) is 4.79 Å². The molecule has 2 fully saturated rings. The van der Waals surface area contributed by atoms with E-state index < -0.39 is 29.4 Å². The van der Waals surface area contributed by atoms with E-state index >= 15 is 0 Å². The van der Waals surface area contributed by atoms with Crippen LogP contribution < -0.4 is 15.4 Å². The first kappa shape index (κ1) is 12.7. The Bertz CT molecular complexity index is 916. The Morgan fingerprint density at radius 1 is 1.22 bits per heavy atom. The minimum absolute atomic E-state index is 0.330.